The molecule has 7 rings (SSSR count). The van der Waals surface area contributed by atoms with Crippen LogP contribution in [0.1, 0.15) is 23.6 Å². The molecule has 0 bridgehead atoms. The van der Waals surface area contributed by atoms with Crippen molar-refractivity contribution in [3.8, 4) is 73.6 Å². The van der Waals surface area contributed by atoms with Crippen molar-refractivity contribution >= 4 is 6.08 Å². The van der Waals surface area contributed by atoms with Crippen LogP contribution in [-0.2, 0) is 0 Å². The molecule has 4 heteroatoms. The van der Waals surface area contributed by atoms with E-state index in [1.807, 2.05) is 84.9 Å². The summed E-state index contributed by atoms with van der Waals surface area (Å²) in [4.78, 5) is 14.6. The highest BCUT2D eigenvalue weighted by atomic mass is 15.0. The lowest BCUT2D eigenvalue weighted by molar-refractivity contribution is 1.07. The molecule has 0 saturated carbocycles. The van der Waals surface area contributed by atoms with E-state index in [4.69, 9.17) is 20.2 Å². The van der Waals surface area contributed by atoms with E-state index in [-0.39, 0.29) is 0 Å². The predicted octanol–water partition coefficient (Wildman–Crippen LogP) is 11.1. The van der Waals surface area contributed by atoms with Crippen molar-refractivity contribution in [3.05, 3.63) is 168 Å². The SMILES string of the molecule is C/C=C\c1c(-c2ccc(-c3nc(-c4ccccc4)nc(-c4ccccc4)n3)cc2)ccc(-c2ccc(-c3ccc(C#N)cc3)cc2)c1C. The van der Waals surface area contributed by atoms with Gasteiger partial charge in [-0.3, -0.25) is 0 Å². The van der Waals surface area contributed by atoms with E-state index >= 15 is 0 Å². The number of aromatic nitrogens is 3. The van der Waals surface area contributed by atoms with Crippen LogP contribution in [0.5, 0.6) is 0 Å². The van der Waals surface area contributed by atoms with E-state index in [0.717, 1.165) is 38.9 Å². The number of hydrogen-bond acceptors (Lipinski definition) is 4. The molecule has 0 N–H and O–H groups in total. The van der Waals surface area contributed by atoms with Gasteiger partial charge in [0.05, 0.1) is 11.6 Å². The summed E-state index contributed by atoms with van der Waals surface area (Å²) in [7, 11) is 0. The minimum absolute atomic E-state index is 0.638. The van der Waals surface area contributed by atoms with Crippen LogP contribution in [0.4, 0.5) is 0 Å². The van der Waals surface area contributed by atoms with Gasteiger partial charge in [0.1, 0.15) is 0 Å². The minimum atomic E-state index is 0.638. The molecule has 7 aromatic rings. The summed E-state index contributed by atoms with van der Waals surface area (Å²) in [6.45, 7) is 4.25. The highest BCUT2D eigenvalue weighted by molar-refractivity contribution is 5.84. The molecule has 0 aliphatic carbocycles. The Balaban J connectivity index is 1.22. The molecule has 6 aromatic carbocycles. The first-order chi connectivity index (χ1) is 23.6. The van der Waals surface area contributed by atoms with E-state index in [9.17, 15) is 0 Å². The Labute approximate surface area is 281 Å². The van der Waals surface area contributed by atoms with E-state index in [0.29, 0.717) is 23.0 Å². The van der Waals surface area contributed by atoms with Gasteiger partial charge in [0.2, 0.25) is 0 Å². The zero-order chi connectivity index (χ0) is 32.9. The Morgan fingerprint density at radius 2 is 0.854 bits per heavy atom. The molecule has 48 heavy (non-hydrogen) atoms. The lowest BCUT2D eigenvalue weighted by atomic mass is 9.89. The van der Waals surface area contributed by atoms with Crippen LogP contribution in [0.25, 0.3) is 73.6 Å². The van der Waals surface area contributed by atoms with Gasteiger partial charge in [-0.15, -0.1) is 0 Å². The predicted molar refractivity (Wildman–Crippen MR) is 197 cm³/mol. The lowest BCUT2D eigenvalue weighted by Crippen LogP contribution is -2.00. The average molecular weight is 617 g/mol. The molecule has 0 atom stereocenters. The number of benzene rings is 6. The molecule has 0 radical (unpaired) electrons. The monoisotopic (exact) mass is 616 g/mol. The molecule has 0 saturated heterocycles. The van der Waals surface area contributed by atoms with Crippen LogP contribution in [-0.4, -0.2) is 15.0 Å². The number of nitrogens with zero attached hydrogens (tertiary/aromatic N) is 4. The third-order valence-corrected chi connectivity index (χ3v) is 8.54. The fraction of sp³-hybridized carbons (Fsp3) is 0.0455. The van der Waals surface area contributed by atoms with E-state index in [1.165, 1.54) is 22.3 Å². The van der Waals surface area contributed by atoms with Crippen molar-refractivity contribution in [1.82, 2.24) is 15.0 Å². The third kappa shape index (κ3) is 6.18. The summed E-state index contributed by atoms with van der Waals surface area (Å²) in [5.74, 6) is 1.93. The van der Waals surface area contributed by atoms with E-state index in [2.05, 4.69) is 92.7 Å². The highest BCUT2D eigenvalue weighted by Gasteiger charge is 2.15. The fourth-order valence-corrected chi connectivity index (χ4v) is 5.99. The molecular formula is C44H32N4. The van der Waals surface area contributed by atoms with Crippen molar-refractivity contribution in [2.24, 2.45) is 0 Å². The number of hydrogen-bond donors (Lipinski definition) is 0. The van der Waals surface area contributed by atoms with Gasteiger partial charge in [0.25, 0.3) is 0 Å². The van der Waals surface area contributed by atoms with Gasteiger partial charge in [0.15, 0.2) is 17.5 Å². The van der Waals surface area contributed by atoms with Crippen LogP contribution in [0.2, 0.25) is 0 Å². The zero-order valence-corrected chi connectivity index (χ0v) is 26.8. The van der Waals surface area contributed by atoms with Crippen molar-refractivity contribution in [2.75, 3.05) is 0 Å². The zero-order valence-electron chi connectivity index (χ0n) is 26.8. The second-order valence-electron chi connectivity index (χ2n) is 11.6. The maximum atomic E-state index is 9.13. The summed E-state index contributed by atoms with van der Waals surface area (Å²) >= 11 is 0. The lowest BCUT2D eigenvalue weighted by Gasteiger charge is -2.16. The Hall–Kier alpha value is -6.44. The van der Waals surface area contributed by atoms with Crippen molar-refractivity contribution in [1.29, 1.82) is 5.26 Å². The van der Waals surface area contributed by atoms with Gasteiger partial charge in [0, 0.05) is 16.7 Å². The molecule has 0 spiro atoms. The molecular weight excluding hydrogens is 585 g/mol. The first-order valence-corrected chi connectivity index (χ1v) is 16.0. The number of allylic oxidation sites excluding steroid dienone is 1. The first-order valence-electron chi connectivity index (χ1n) is 16.0. The molecule has 1 aromatic heterocycles. The van der Waals surface area contributed by atoms with Crippen molar-refractivity contribution in [2.45, 2.75) is 13.8 Å². The van der Waals surface area contributed by atoms with Crippen LogP contribution < -0.4 is 0 Å². The van der Waals surface area contributed by atoms with E-state index in [1.54, 1.807) is 0 Å². The largest absolute Gasteiger partial charge is 0.208 e. The number of nitriles is 1. The van der Waals surface area contributed by atoms with E-state index < -0.39 is 0 Å². The maximum absolute atomic E-state index is 9.13. The van der Waals surface area contributed by atoms with Crippen LogP contribution in [0, 0.1) is 18.3 Å². The molecule has 1 heterocycles. The summed E-state index contributed by atoms with van der Waals surface area (Å²) in [5.41, 5.74) is 12.8. The van der Waals surface area contributed by atoms with Crippen LogP contribution in [0.3, 0.4) is 0 Å². The van der Waals surface area contributed by atoms with Crippen LogP contribution in [0.15, 0.2) is 152 Å². The Bertz CT molecular complexity index is 2210. The minimum Gasteiger partial charge on any atom is -0.208 e. The topological polar surface area (TPSA) is 62.5 Å². The summed E-state index contributed by atoms with van der Waals surface area (Å²) in [6, 6.07) is 51.5. The Morgan fingerprint density at radius 3 is 1.33 bits per heavy atom. The average Bonchev–Trinajstić information content (AvgIpc) is 3.16. The van der Waals surface area contributed by atoms with Gasteiger partial charge in [-0.05, 0) is 70.5 Å². The highest BCUT2D eigenvalue weighted by Crippen LogP contribution is 2.36. The van der Waals surface area contributed by atoms with Crippen LogP contribution >= 0.6 is 0 Å². The molecule has 0 aliphatic rings. The standard InChI is InChI=1S/C44H32N4/c1-3-10-40-30(2)39(34-21-19-33(20-22-34)32-17-15-31(29-45)16-18-32)27-28-41(40)35-23-25-38(26-24-35)44-47-42(36-11-6-4-7-12-36)46-43(48-44)37-13-8-5-9-14-37/h3-28H,1-2H3/b10-3-. The Morgan fingerprint density at radius 1 is 0.458 bits per heavy atom. The third-order valence-electron chi connectivity index (χ3n) is 8.54. The van der Waals surface area contributed by atoms with Crippen molar-refractivity contribution in [3.63, 3.8) is 0 Å². The van der Waals surface area contributed by atoms with Crippen molar-refractivity contribution < 1.29 is 0 Å². The summed E-state index contributed by atoms with van der Waals surface area (Å²) < 4.78 is 0. The van der Waals surface area contributed by atoms with Gasteiger partial charge in [-0.1, -0.05) is 146 Å². The molecule has 4 nitrogen and oxygen atoms in total. The molecule has 0 amide bonds. The smallest absolute Gasteiger partial charge is 0.164 e. The van der Waals surface area contributed by atoms with Gasteiger partial charge >= 0.3 is 0 Å². The molecule has 228 valence electrons. The molecule has 0 fully saturated rings. The normalized spacial score (nSPS) is 11.0. The number of rotatable bonds is 7. The quantitative estimate of drug-likeness (QED) is 0.179. The first kappa shape index (κ1) is 30.2. The Kier molecular flexibility index (Phi) is 8.50. The maximum Gasteiger partial charge on any atom is 0.164 e. The van der Waals surface area contributed by atoms with Gasteiger partial charge < -0.3 is 0 Å². The second-order valence-corrected chi connectivity index (χ2v) is 11.6. The molecule has 0 aliphatic heterocycles. The fourth-order valence-electron chi connectivity index (χ4n) is 5.99. The summed E-state index contributed by atoms with van der Waals surface area (Å²) in [6.07, 6.45) is 4.29. The van der Waals surface area contributed by atoms with Gasteiger partial charge in [-0.2, -0.15) is 5.26 Å². The summed E-state index contributed by atoms with van der Waals surface area (Å²) in [5, 5.41) is 9.13. The van der Waals surface area contributed by atoms with Gasteiger partial charge in [-0.25, -0.2) is 15.0 Å². The molecule has 0 unspecified atom stereocenters. The second kappa shape index (κ2) is 13.5.